The molecular formula is C19H22F2N4O3SSi. The summed E-state index contributed by atoms with van der Waals surface area (Å²) in [6, 6.07) is 1.00. The van der Waals surface area contributed by atoms with E-state index in [0.29, 0.717) is 28.3 Å². The molecule has 0 N–H and O–H groups in total. The van der Waals surface area contributed by atoms with Crippen LogP contribution in [-0.2, 0) is 16.2 Å². The Labute approximate surface area is 177 Å². The van der Waals surface area contributed by atoms with Crippen molar-refractivity contribution in [2.75, 3.05) is 13.7 Å². The van der Waals surface area contributed by atoms with Crippen molar-refractivity contribution in [1.82, 2.24) is 19.5 Å². The molecule has 0 spiro atoms. The van der Waals surface area contributed by atoms with Crippen LogP contribution >= 0.6 is 11.3 Å². The second-order valence-electron chi connectivity index (χ2n) is 7.78. The number of esters is 1. The second-order valence-corrected chi connectivity index (χ2v) is 14.4. The zero-order valence-electron chi connectivity index (χ0n) is 17.1. The van der Waals surface area contributed by atoms with Gasteiger partial charge in [-0.2, -0.15) is 8.78 Å². The number of hydrogen-bond donors (Lipinski definition) is 0. The summed E-state index contributed by atoms with van der Waals surface area (Å²) in [4.78, 5) is 25.1. The van der Waals surface area contributed by atoms with Gasteiger partial charge in [0.15, 0.2) is 5.65 Å². The zero-order valence-corrected chi connectivity index (χ0v) is 18.9. The average Bonchev–Trinajstić information content (AvgIpc) is 3.29. The number of halogens is 2. The highest BCUT2D eigenvalue weighted by molar-refractivity contribution is 7.16. The summed E-state index contributed by atoms with van der Waals surface area (Å²) in [5.74, 6) is -0.551. The summed E-state index contributed by atoms with van der Waals surface area (Å²) < 4.78 is 38.0. The van der Waals surface area contributed by atoms with E-state index in [1.165, 1.54) is 19.5 Å². The Morgan fingerprint density at radius 3 is 2.70 bits per heavy atom. The Hall–Kier alpha value is -2.50. The van der Waals surface area contributed by atoms with Crippen molar-refractivity contribution in [3.63, 3.8) is 0 Å². The van der Waals surface area contributed by atoms with E-state index in [2.05, 4.69) is 39.3 Å². The summed E-state index contributed by atoms with van der Waals surface area (Å²) in [5, 5.41) is 0.178. The fraction of sp³-hybridized carbons (Fsp3) is 0.368. The van der Waals surface area contributed by atoms with Gasteiger partial charge in [0.25, 0.3) is 6.08 Å². The van der Waals surface area contributed by atoms with Crippen LogP contribution in [0, 0.1) is 0 Å². The van der Waals surface area contributed by atoms with Gasteiger partial charge in [-0.25, -0.2) is 19.7 Å². The first-order valence-corrected chi connectivity index (χ1v) is 13.7. The van der Waals surface area contributed by atoms with Crippen LogP contribution in [-0.4, -0.2) is 47.3 Å². The van der Waals surface area contributed by atoms with E-state index in [0.717, 1.165) is 23.5 Å². The molecule has 0 bridgehead atoms. The lowest BCUT2D eigenvalue weighted by Crippen LogP contribution is -2.22. The number of ether oxygens (including phenoxy) is 2. The number of fused-ring (bicyclic) bond motifs is 1. The number of carbonyl (C=O) groups is 1. The largest absolute Gasteiger partial charge is 0.464 e. The molecule has 0 radical (unpaired) electrons. The van der Waals surface area contributed by atoms with E-state index >= 15 is 0 Å². The molecule has 7 nitrogen and oxygen atoms in total. The van der Waals surface area contributed by atoms with Gasteiger partial charge < -0.3 is 14.0 Å². The van der Waals surface area contributed by atoms with Crippen LogP contribution in [0.1, 0.15) is 15.4 Å². The fourth-order valence-electron chi connectivity index (χ4n) is 2.63. The Bertz CT molecular complexity index is 1090. The van der Waals surface area contributed by atoms with E-state index in [-0.39, 0.29) is 17.3 Å². The SMILES string of the molecule is COC(=O)c1ncc(-c2cnc3c(n2)c(C=C(F)F)cn3COCC[Si](C)(C)C)s1. The quantitative estimate of drug-likeness (QED) is 0.275. The van der Waals surface area contributed by atoms with Crippen molar-refractivity contribution in [2.24, 2.45) is 0 Å². The van der Waals surface area contributed by atoms with Crippen LogP contribution in [0.2, 0.25) is 25.7 Å². The molecule has 0 aromatic carbocycles. The first kappa shape index (κ1) is 22.2. The molecular weight excluding hydrogens is 430 g/mol. The summed E-state index contributed by atoms with van der Waals surface area (Å²) in [6.07, 6.45) is 3.48. The maximum atomic E-state index is 13.0. The van der Waals surface area contributed by atoms with E-state index in [9.17, 15) is 13.6 Å². The molecule has 11 heteroatoms. The molecule has 0 aliphatic rings. The maximum absolute atomic E-state index is 13.0. The van der Waals surface area contributed by atoms with E-state index in [4.69, 9.17) is 4.74 Å². The van der Waals surface area contributed by atoms with Crippen LogP contribution < -0.4 is 0 Å². The molecule has 0 unspecified atom stereocenters. The third-order valence-corrected chi connectivity index (χ3v) is 6.91. The van der Waals surface area contributed by atoms with Crippen LogP contribution in [0.4, 0.5) is 8.78 Å². The molecule has 0 atom stereocenters. The number of thiazole rings is 1. The van der Waals surface area contributed by atoms with Crippen LogP contribution in [0.25, 0.3) is 27.8 Å². The Morgan fingerprint density at radius 2 is 2.03 bits per heavy atom. The van der Waals surface area contributed by atoms with Gasteiger partial charge in [-0.15, -0.1) is 11.3 Å². The number of rotatable bonds is 8. The van der Waals surface area contributed by atoms with Gasteiger partial charge >= 0.3 is 5.97 Å². The monoisotopic (exact) mass is 452 g/mol. The minimum atomic E-state index is -1.83. The molecule has 3 aromatic rings. The predicted molar refractivity (Wildman–Crippen MR) is 114 cm³/mol. The first-order chi connectivity index (χ1) is 14.2. The van der Waals surface area contributed by atoms with Crippen molar-refractivity contribution >= 4 is 42.6 Å². The zero-order chi connectivity index (χ0) is 21.9. The van der Waals surface area contributed by atoms with Crippen LogP contribution in [0.15, 0.2) is 24.7 Å². The van der Waals surface area contributed by atoms with Gasteiger partial charge in [0, 0.05) is 38.7 Å². The molecule has 0 amide bonds. The summed E-state index contributed by atoms with van der Waals surface area (Å²) in [6.45, 7) is 7.57. The molecule has 3 rings (SSSR count). The standard InChI is InChI=1S/C19H22F2N4O3SSi/c1-27-19(26)18-23-9-14(29-18)13-8-22-17-16(24-13)12(7-15(20)21)10-25(17)11-28-5-6-30(2,3)4/h7-10H,5-6,11H2,1-4H3. The minimum absolute atomic E-state index is 0.178. The van der Waals surface area contributed by atoms with E-state index < -0.39 is 20.1 Å². The van der Waals surface area contributed by atoms with E-state index in [1.807, 2.05) is 0 Å². The normalized spacial score (nSPS) is 11.7. The van der Waals surface area contributed by atoms with Gasteiger partial charge in [0.2, 0.25) is 5.01 Å². The Kier molecular flexibility index (Phi) is 6.73. The summed E-state index contributed by atoms with van der Waals surface area (Å²) in [5.41, 5.74) is 1.44. The number of hydrogen-bond acceptors (Lipinski definition) is 7. The van der Waals surface area contributed by atoms with Crippen molar-refractivity contribution in [1.29, 1.82) is 0 Å². The van der Waals surface area contributed by atoms with Gasteiger partial charge in [-0.3, -0.25) is 0 Å². The number of aromatic nitrogens is 4. The molecule has 3 aromatic heterocycles. The molecule has 3 heterocycles. The number of methoxy groups -OCH3 is 1. The number of nitrogens with zero attached hydrogens (tertiary/aromatic N) is 4. The van der Waals surface area contributed by atoms with Crippen LogP contribution in [0.3, 0.4) is 0 Å². The molecule has 0 saturated carbocycles. The number of carbonyl (C=O) groups excluding carboxylic acids is 1. The van der Waals surface area contributed by atoms with Crippen molar-refractivity contribution in [2.45, 2.75) is 32.4 Å². The highest BCUT2D eigenvalue weighted by Gasteiger charge is 2.17. The van der Waals surface area contributed by atoms with Gasteiger partial charge in [0.05, 0.1) is 18.2 Å². The Balaban J connectivity index is 1.92. The fourth-order valence-corrected chi connectivity index (χ4v) is 4.18. The highest BCUT2D eigenvalue weighted by Crippen LogP contribution is 2.28. The molecule has 0 aliphatic carbocycles. The lowest BCUT2D eigenvalue weighted by Gasteiger charge is -2.15. The second kappa shape index (κ2) is 9.10. The lowest BCUT2D eigenvalue weighted by atomic mass is 10.3. The summed E-state index contributed by atoms with van der Waals surface area (Å²) in [7, 11) is 0.0435. The van der Waals surface area contributed by atoms with Gasteiger partial charge in [-0.05, 0) is 6.04 Å². The smallest absolute Gasteiger partial charge is 0.367 e. The lowest BCUT2D eigenvalue weighted by molar-refractivity contribution is 0.0600. The molecule has 160 valence electrons. The highest BCUT2D eigenvalue weighted by atomic mass is 32.1. The van der Waals surface area contributed by atoms with Gasteiger partial charge in [-0.1, -0.05) is 19.6 Å². The molecule has 0 saturated heterocycles. The average molecular weight is 453 g/mol. The van der Waals surface area contributed by atoms with E-state index in [1.54, 1.807) is 10.8 Å². The third-order valence-electron chi connectivity index (χ3n) is 4.20. The minimum Gasteiger partial charge on any atom is -0.464 e. The molecule has 30 heavy (non-hydrogen) atoms. The first-order valence-electron chi connectivity index (χ1n) is 9.19. The predicted octanol–water partition coefficient (Wildman–Crippen LogP) is 4.89. The summed E-state index contributed by atoms with van der Waals surface area (Å²) >= 11 is 1.09. The maximum Gasteiger partial charge on any atom is 0.367 e. The van der Waals surface area contributed by atoms with Crippen molar-refractivity contribution < 1.29 is 23.0 Å². The molecule has 0 aliphatic heterocycles. The van der Waals surface area contributed by atoms with Gasteiger partial charge in [0.1, 0.15) is 17.9 Å². The van der Waals surface area contributed by atoms with Crippen LogP contribution in [0.5, 0.6) is 0 Å². The third kappa shape index (κ3) is 5.35. The van der Waals surface area contributed by atoms with Crippen molar-refractivity contribution in [3.05, 3.63) is 35.2 Å². The van der Waals surface area contributed by atoms with Crippen molar-refractivity contribution in [3.8, 4) is 10.6 Å². The molecule has 0 fully saturated rings. The topological polar surface area (TPSA) is 79.1 Å². The Morgan fingerprint density at radius 1 is 1.27 bits per heavy atom.